The van der Waals surface area contributed by atoms with E-state index in [0.717, 1.165) is 66.5 Å². The fourth-order valence-corrected chi connectivity index (χ4v) is 5.58. The van der Waals surface area contributed by atoms with Crippen molar-refractivity contribution in [2.75, 3.05) is 13.1 Å². The summed E-state index contributed by atoms with van der Waals surface area (Å²) in [5, 5.41) is 4.59. The number of rotatable bonds is 12. The van der Waals surface area contributed by atoms with Gasteiger partial charge in [0.15, 0.2) is 5.96 Å². The number of H-pyrrole nitrogens is 1. The van der Waals surface area contributed by atoms with Crippen LogP contribution in [0.1, 0.15) is 109 Å². The highest BCUT2D eigenvalue weighted by molar-refractivity contribution is 6.30. The topological polar surface area (TPSA) is 153 Å². The van der Waals surface area contributed by atoms with Gasteiger partial charge in [0.05, 0.1) is 10.7 Å². The summed E-state index contributed by atoms with van der Waals surface area (Å²) in [5.74, 6) is -0.168. The van der Waals surface area contributed by atoms with Crippen LogP contribution in [-0.4, -0.2) is 39.6 Å². The maximum atomic E-state index is 14.0. The molecular formula is C38H56ClFN8O. The second-order valence-corrected chi connectivity index (χ2v) is 15.2. The van der Waals surface area contributed by atoms with Gasteiger partial charge in [0, 0.05) is 41.3 Å². The van der Waals surface area contributed by atoms with E-state index in [9.17, 15) is 9.18 Å². The van der Waals surface area contributed by atoms with Crippen molar-refractivity contribution in [2.24, 2.45) is 22.2 Å². The molecule has 2 heterocycles. The van der Waals surface area contributed by atoms with Gasteiger partial charge in [0.1, 0.15) is 11.5 Å². The second kappa shape index (κ2) is 17.3. The third-order valence-electron chi connectivity index (χ3n) is 8.53. The van der Waals surface area contributed by atoms with Gasteiger partial charge in [-0.05, 0) is 91.9 Å². The average Bonchev–Trinajstić information content (AvgIpc) is 3.45. The molecule has 4 rings (SSSR count). The summed E-state index contributed by atoms with van der Waals surface area (Å²) in [6, 6.07) is 14.1. The number of aryl methyl sites for hydroxylation is 1. The van der Waals surface area contributed by atoms with E-state index in [2.05, 4.69) is 61.0 Å². The third kappa shape index (κ3) is 11.7. The quantitative estimate of drug-likeness (QED) is 0.0603. The highest BCUT2D eigenvalue weighted by Crippen LogP contribution is 2.31. The second-order valence-electron chi connectivity index (χ2n) is 14.8. The van der Waals surface area contributed by atoms with Crippen LogP contribution >= 0.6 is 11.6 Å². The molecule has 0 aliphatic rings. The molecule has 0 saturated heterocycles. The molecule has 49 heavy (non-hydrogen) atoms. The smallest absolute Gasteiger partial charge is 0.354 e. The number of halogens is 2. The summed E-state index contributed by atoms with van der Waals surface area (Å²) in [6.45, 7) is 18.0. The minimum absolute atomic E-state index is 0.0390. The van der Waals surface area contributed by atoms with Crippen LogP contribution in [0.4, 0.5) is 4.39 Å². The molecule has 268 valence electrons. The SMILES string of the molecule is CC[C@H](N)CCCc1cc(Cl)c(F)c(C(C)(C)C)c1.C[C@H](NCCCN=C(N)N)c1ccc(-n2cc3cc(C(C)(C)C)[nH]c3nc2=O)cc1. The Hall–Kier alpha value is -3.73. The van der Waals surface area contributed by atoms with Gasteiger partial charge in [0.25, 0.3) is 0 Å². The highest BCUT2D eigenvalue weighted by atomic mass is 35.5. The lowest BCUT2D eigenvalue weighted by Crippen LogP contribution is -2.24. The maximum absolute atomic E-state index is 14.0. The van der Waals surface area contributed by atoms with Crippen molar-refractivity contribution in [2.45, 2.75) is 110 Å². The van der Waals surface area contributed by atoms with Crippen molar-refractivity contribution in [3.63, 3.8) is 0 Å². The van der Waals surface area contributed by atoms with E-state index >= 15 is 0 Å². The molecule has 11 heteroatoms. The number of fused-ring (bicyclic) bond motifs is 1. The Morgan fingerprint density at radius 2 is 1.73 bits per heavy atom. The van der Waals surface area contributed by atoms with Gasteiger partial charge < -0.3 is 27.5 Å². The Balaban J connectivity index is 0.000000295. The Morgan fingerprint density at radius 1 is 1.06 bits per heavy atom. The highest BCUT2D eigenvalue weighted by Gasteiger charge is 2.21. The van der Waals surface area contributed by atoms with Crippen LogP contribution in [-0.2, 0) is 17.3 Å². The van der Waals surface area contributed by atoms with Crippen molar-refractivity contribution in [1.82, 2.24) is 19.9 Å². The predicted molar refractivity (Wildman–Crippen MR) is 203 cm³/mol. The monoisotopic (exact) mass is 694 g/mol. The van der Waals surface area contributed by atoms with Crippen LogP contribution < -0.4 is 28.2 Å². The molecule has 4 aromatic rings. The molecule has 2 aromatic carbocycles. The van der Waals surface area contributed by atoms with E-state index in [4.69, 9.17) is 28.8 Å². The molecule has 0 fully saturated rings. The van der Waals surface area contributed by atoms with Crippen LogP contribution in [0.15, 0.2) is 58.4 Å². The molecule has 2 atom stereocenters. The van der Waals surface area contributed by atoms with E-state index in [0.29, 0.717) is 17.8 Å². The normalized spacial score (nSPS) is 13.1. The third-order valence-corrected chi connectivity index (χ3v) is 8.80. The van der Waals surface area contributed by atoms with Crippen molar-refractivity contribution in [3.05, 3.63) is 92.4 Å². The van der Waals surface area contributed by atoms with E-state index < -0.39 is 0 Å². The molecule has 0 spiro atoms. The summed E-state index contributed by atoms with van der Waals surface area (Å²) in [5.41, 5.74) is 21.4. The average molecular weight is 695 g/mol. The lowest BCUT2D eigenvalue weighted by atomic mass is 9.85. The van der Waals surface area contributed by atoms with Gasteiger partial charge in [-0.15, -0.1) is 0 Å². The summed E-state index contributed by atoms with van der Waals surface area (Å²) in [4.78, 5) is 24.0. The number of hydrogen-bond acceptors (Lipinski definition) is 5. The summed E-state index contributed by atoms with van der Waals surface area (Å²) in [6.07, 6.45) is 6.61. The molecule has 9 nitrogen and oxygen atoms in total. The van der Waals surface area contributed by atoms with Crippen LogP contribution in [0.5, 0.6) is 0 Å². The molecule has 0 bridgehead atoms. The number of hydrogen-bond donors (Lipinski definition) is 5. The molecule has 8 N–H and O–H groups in total. The maximum Gasteiger partial charge on any atom is 0.354 e. The Labute approximate surface area is 295 Å². The first kappa shape index (κ1) is 39.7. The van der Waals surface area contributed by atoms with Crippen LogP contribution in [0, 0.1) is 5.82 Å². The summed E-state index contributed by atoms with van der Waals surface area (Å²) >= 11 is 5.99. The van der Waals surface area contributed by atoms with Crippen LogP contribution in [0.25, 0.3) is 16.7 Å². The molecule has 0 amide bonds. The molecule has 2 aromatic heterocycles. The molecule has 0 aliphatic heterocycles. The number of nitrogens with one attached hydrogen (secondary N) is 2. The number of guanidine groups is 1. The zero-order valence-corrected chi connectivity index (χ0v) is 31.2. The number of aliphatic imine (C=N–C) groups is 1. The number of aromatic amines is 1. The van der Waals surface area contributed by atoms with Gasteiger partial charge in [-0.2, -0.15) is 4.98 Å². The number of nitrogens with two attached hydrogens (primary N) is 3. The summed E-state index contributed by atoms with van der Waals surface area (Å²) in [7, 11) is 0. The Kier molecular flexibility index (Phi) is 14.0. The van der Waals surface area contributed by atoms with Crippen molar-refractivity contribution in [3.8, 4) is 5.69 Å². The van der Waals surface area contributed by atoms with Gasteiger partial charge in [-0.1, -0.05) is 78.3 Å². The molecule has 0 saturated carbocycles. The van der Waals surface area contributed by atoms with Crippen molar-refractivity contribution >= 4 is 28.6 Å². The van der Waals surface area contributed by atoms with E-state index in [1.54, 1.807) is 10.6 Å². The molecule has 0 unspecified atom stereocenters. The standard InChI is InChI=1S/C22H31N7O.C16H25ClFN/c1-14(25-10-5-11-26-20(23)24)15-6-8-17(9-7-15)29-13-16-12-18(22(2,3)4)27-19(16)28-21(29)30;1-5-12(19)8-6-7-11-9-13(16(2,3)4)15(18)14(17)10-11/h6-9,12-14,25H,5,10-11H2,1-4H3,(H4,23,24,26)(H,27,28,30);9-10,12H,5-8,19H2,1-4H3/t14-;12-/m00/s1. The molecule has 0 radical (unpaired) electrons. The zero-order valence-electron chi connectivity index (χ0n) is 30.5. The first-order chi connectivity index (χ1) is 22.9. The number of nitrogens with zero attached hydrogens (tertiary/aromatic N) is 3. The van der Waals surface area contributed by atoms with Crippen molar-refractivity contribution < 1.29 is 4.39 Å². The largest absolute Gasteiger partial charge is 0.370 e. The Bertz CT molecular complexity index is 1750. The first-order valence-corrected chi connectivity index (χ1v) is 17.5. The van der Waals surface area contributed by atoms with Gasteiger partial charge in [-0.25, -0.2) is 9.18 Å². The lowest BCUT2D eigenvalue weighted by molar-refractivity contribution is 0.520. The molecular weight excluding hydrogens is 639 g/mol. The van der Waals surface area contributed by atoms with Gasteiger partial charge >= 0.3 is 5.69 Å². The first-order valence-electron chi connectivity index (χ1n) is 17.2. The minimum Gasteiger partial charge on any atom is -0.370 e. The molecule has 0 aliphatic carbocycles. The summed E-state index contributed by atoms with van der Waals surface area (Å²) < 4.78 is 15.6. The van der Waals surface area contributed by atoms with Crippen molar-refractivity contribution in [1.29, 1.82) is 0 Å². The zero-order chi connectivity index (χ0) is 36.5. The fourth-order valence-electron chi connectivity index (χ4n) is 5.34. The van der Waals surface area contributed by atoms with Crippen LogP contribution in [0.3, 0.4) is 0 Å². The lowest BCUT2D eigenvalue weighted by Gasteiger charge is -2.21. The van der Waals surface area contributed by atoms with Gasteiger partial charge in [-0.3, -0.25) is 9.56 Å². The van der Waals surface area contributed by atoms with E-state index in [1.165, 1.54) is 0 Å². The Morgan fingerprint density at radius 3 is 2.33 bits per heavy atom. The van der Waals surface area contributed by atoms with Gasteiger partial charge in [0.2, 0.25) is 0 Å². The predicted octanol–water partition coefficient (Wildman–Crippen LogP) is 7.16. The number of benzene rings is 2. The number of aromatic nitrogens is 3. The fraction of sp³-hybridized carbons (Fsp3) is 0.500. The van der Waals surface area contributed by atoms with Crippen LogP contribution in [0.2, 0.25) is 5.02 Å². The van der Waals surface area contributed by atoms with E-state index in [1.807, 2.05) is 57.3 Å². The van der Waals surface area contributed by atoms with E-state index in [-0.39, 0.29) is 45.4 Å². The minimum atomic E-state index is -0.302.